The maximum absolute atomic E-state index is 13.2. The normalized spacial score (nSPS) is 12.2. The Morgan fingerprint density at radius 1 is 1.44 bits per heavy atom. The summed E-state index contributed by atoms with van der Waals surface area (Å²) in [5.41, 5.74) is 4.43. The van der Waals surface area contributed by atoms with Gasteiger partial charge in [0.25, 0.3) is 5.91 Å². The van der Waals surface area contributed by atoms with Crippen molar-refractivity contribution in [2.45, 2.75) is 19.4 Å². The predicted molar refractivity (Wildman–Crippen MR) is 64.2 cm³/mol. The van der Waals surface area contributed by atoms with Gasteiger partial charge in [-0.25, -0.2) is 8.78 Å². The SMILES string of the molecule is CCC(COC)NC(=O)c1cc(F)c(N)c(F)c1. The number of nitrogens with one attached hydrogen (secondary N) is 1. The summed E-state index contributed by atoms with van der Waals surface area (Å²) in [5.74, 6) is -2.45. The van der Waals surface area contributed by atoms with Crippen molar-refractivity contribution in [2.75, 3.05) is 19.5 Å². The lowest BCUT2D eigenvalue weighted by Gasteiger charge is -2.16. The third-order valence-electron chi connectivity index (χ3n) is 2.54. The van der Waals surface area contributed by atoms with Gasteiger partial charge in [0, 0.05) is 12.7 Å². The van der Waals surface area contributed by atoms with Gasteiger partial charge in [-0.15, -0.1) is 0 Å². The van der Waals surface area contributed by atoms with E-state index in [9.17, 15) is 13.6 Å². The standard InChI is InChI=1S/C12H16F2N2O2/c1-3-8(6-18-2)16-12(17)7-4-9(13)11(15)10(14)5-7/h4-5,8H,3,6,15H2,1-2H3,(H,16,17). The summed E-state index contributed by atoms with van der Waals surface area (Å²) < 4.78 is 31.3. The molecule has 0 radical (unpaired) electrons. The van der Waals surface area contributed by atoms with E-state index in [-0.39, 0.29) is 11.6 Å². The number of carbonyl (C=O) groups is 1. The smallest absolute Gasteiger partial charge is 0.251 e. The van der Waals surface area contributed by atoms with E-state index < -0.39 is 23.2 Å². The van der Waals surface area contributed by atoms with E-state index >= 15 is 0 Å². The second-order valence-electron chi connectivity index (χ2n) is 3.89. The molecule has 1 aromatic rings. The first-order valence-corrected chi connectivity index (χ1v) is 5.53. The molecule has 3 N–H and O–H groups in total. The van der Waals surface area contributed by atoms with Crippen LogP contribution in [0.5, 0.6) is 0 Å². The molecule has 1 aromatic carbocycles. The highest BCUT2D eigenvalue weighted by Gasteiger charge is 2.16. The Bertz CT molecular complexity index is 415. The van der Waals surface area contributed by atoms with Crippen LogP contribution in [0.2, 0.25) is 0 Å². The van der Waals surface area contributed by atoms with Crippen LogP contribution in [0.4, 0.5) is 14.5 Å². The van der Waals surface area contributed by atoms with Crippen LogP contribution >= 0.6 is 0 Å². The summed E-state index contributed by atoms with van der Waals surface area (Å²) in [6.45, 7) is 2.20. The molecule has 0 spiro atoms. The number of halogens is 2. The summed E-state index contributed by atoms with van der Waals surface area (Å²) in [5, 5.41) is 2.62. The Hall–Kier alpha value is -1.69. The van der Waals surface area contributed by atoms with Gasteiger partial charge >= 0.3 is 0 Å². The number of nitrogen functional groups attached to an aromatic ring is 1. The quantitative estimate of drug-likeness (QED) is 0.790. The third-order valence-corrected chi connectivity index (χ3v) is 2.54. The Kier molecular flexibility index (Phi) is 5.03. The summed E-state index contributed by atoms with van der Waals surface area (Å²) >= 11 is 0. The second kappa shape index (κ2) is 6.30. The summed E-state index contributed by atoms with van der Waals surface area (Å²) in [7, 11) is 1.51. The first-order chi connectivity index (χ1) is 8.49. The molecule has 1 rings (SSSR count). The van der Waals surface area contributed by atoms with Crippen molar-refractivity contribution in [2.24, 2.45) is 0 Å². The van der Waals surface area contributed by atoms with Crippen molar-refractivity contribution in [3.05, 3.63) is 29.3 Å². The van der Waals surface area contributed by atoms with Crippen LogP contribution in [-0.2, 0) is 4.74 Å². The molecular formula is C12H16F2N2O2. The van der Waals surface area contributed by atoms with E-state index in [4.69, 9.17) is 10.5 Å². The van der Waals surface area contributed by atoms with Gasteiger partial charge in [0.1, 0.15) is 17.3 Å². The number of methoxy groups -OCH3 is 1. The number of anilines is 1. The monoisotopic (exact) mass is 258 g/mol. The summed E-state index contributed by atoms with van der Waals surface area (Å²) in [4.78, 5) is 11.8. The van der Waals surface area contributed by atoms with Crippen LogP contribution in [0.1, 0.15) is 23.7 Å². The third kappa shape index (κ3) is 3.40. The lowest BCUT2D eigenvalue weighted by atomic mass is 10.1. The van der Waals surface area contributed by atoms with E-state index in [0.717, 1.165) is 12.1 Å². The number of nitrogens with two attached hydrogens (primary N) is 1. The zero-order valence-corrected chi connectivity index (χ0v) is 10.3. The molecule has 0 saturated carbocycles. The molecule has 0 bridgehead atoms. The number of ether oxygens (including phenoxy) is 1. The van der Waals surface area contributed by atoms with Crippen LogP contribution < -0.4 is 11.1 Å². The zero-order chi connectivity index (χ0) is 13.7. The van der Waals surface area contributed by atoms with Gasteiger partial charge in [-0.05, 0) is 18.6 Å². The predicted octanol–water partition coefficient (Wildman–Crippen LogP) is 1.70. The van der Waals surface area contributed by atoms with Gasteiger partial charge in [-0.2, -0.15) is 0 Å². The molecular weight excluding hydrogens is 242 g/mol. The summed E-state index contributed by atoms with van der Waals surface area (Å²) in [6.07, 6.45) is 0.652. The lowest BCUT2D eigenvalue weighted by Crippen LogP contribution is -2.37. The van der Waals surface area contributed by atoms with Crippen molar-refractivity contribution in [3.8, 4) is 0 Å². The molecule has 18 heavy (non-hydrogen) atoms. The molecule has 6 heteroatoms. The highest BCUT2D eigenvalue weighted by Crippen LogP contribution is 2.17. The number of rotatable bonds is 5. The molecule has 0 heterocycles. The topological polar surface area (TPSA) is 64.3 Å². The maximum atomic E-state index is 13.2. The van der Waals surface area contributed by atoms with Crippen LogP contribution in [0.15, 0.2) is 12.1 Å². The second-order valence-corrected chi connectivity index (χ2v) is 3.89. The molecule has 100 valence electrons. The molecule has 4 nitrogen and oxygen atoms in total. The van der Waals surface area contributed by atoms with Crippen molar-refractivity contribution in [1.82, 2.24) is 5.32 Å². The molecule has 1 unspecified atom stereocenters. The fourth-order valence-electron chi connectivity index (χ4n) is 1.45. The highest BCUT2D eigenvalue weighted by molar-refractivity contribution is 5.94. The Morgan fingerprint density at radius 3 is 2.44 bits per heavy atom. The van der Waals surface area contributed by atoms with Crippen LogP contribution in [0.25, 0.3) is 0 Å². The van der Waals surface area contributed by atoms with Gasteiger partial charge in [0.05, 0.1) is 12.6 Å². The minimum Gasteiger partial charge on any atom is -0.394 e. The highest BCUT2D eigenvalue weighted by atomic mass is 19.1. The minimum absolute atomic E-state index is 0.103. The molecule has 0 aliphatic carbocycles. The number of carbonyl (C=O) groups excluding carboxylic acids is 1. The molecule has 1 amide bonds. The van der Waals surface area contributed by atoms with Crippen molar-refractivity contribution >= 4 is 11.6 Å². The van der Waals surface area contributed by atoms with Crippen LogP contribution in [-0.4, -0.2) is 25.7 Å². The van der Waals surface area contributed by atoms with Gasteiger partial charge in [0.2, 0.25) is 0 Å². The van der Waals surface area contributed by atoms with E-state index in [0.29, 0.717) is 13.0 Å². The van der Waals surface area contributed by atoms with Crippen molar-refractivity contribution < 1.29 is 18.3 Å². The Balaban J connectivity index is 2.84. The molecule has 0 saturated heterocycles. The fourth-order valence-corrected chi connectivity index (χ4v) is 1.45. The molecule has 1 atom stereocenters. The van der Waals surface area contributed by atoms with Crippen molar-refractivity contribution in [1.29, 1.82) is 0 Å². The van der Waals surface area contributed by atoms with Crippen LogP contribution in [0, 0.1) is 11.6 Å². The van der Waals surface area contributed by atoms with Crippen LogP contribution in [0.3, 0.4) is 0 Å². The number of hydrogen-bond acceptors (Lipinski definition) is 3. The molecule has 0 aromatic heterocycles. The number of hydrogen-bond donors (Lipinski definition) is 2. The average Bonchev–Trinajstić information content (AvgIpc) is 2.34. The summed E-state index contributed by atoms with van der Waals surface area (Å²) in [6, 6.07) is 1.62. The molecule has 0 aliphatic rings. The van der Waals surface area contributed by atoms with Gasteiger partial charge < -0.3 is 15.8 Å². The van der Waals surface area contributed by atoms with E-state index in [1.165, 1.54) is 7.11 Å². The minimum atomic E-state index is -0.945. The van der Waals surface area contributed by atoms with E-state index in [1.807, 2.05) is 6.92 Å². The molecule has 0 fully saturated rings. The van der Waals surface area contributed by atoms with Gasteiger partial charge in [-0.3, -0.25) is 4.79 Å². The maximum Gasteiger partial charge on any atom is 0.251 e. The average molecular weight is 258 g/mol. The first kappa shape index (κ1) is 14.4. The Morgan fingerprint density at radius 2 is 2.00 bits per heavy atom. The first-order valence-electron chi connectivity index (χ1n) is 5.53. The van der Waals surface area contributed by atoms with Gasteiger partial charge in [0.15, 0.2) is 0 Å². The Labute approximate surface area is 104 Å². The molecule has 0 aliphatic heterocycles. The van der Waals surface area contributed by atoms with E-state index in [1.54, 1.807) is 0 Å². The number of amides is 1. The largest absolute Gasteiger partial charge is 0.394 e. The number of benzene rings is 1. The lowest BCUT2D eigenvalue weighted by molar-refractivity contribution is 0.0894. The fraction of sp³-hybridized carbons (Fsp3) is 0.417. The van der Waals surface area contributed by atoms with Gasteiger partial charge in [-0.1, -0.05) is 6.92 Å². The zero-order valence-electron chi connectivity index (χ0n) is 10.3. The van der Waals surface area contributed by atoms with Crippen molar-refractivity contribution in [3.63, 3.8) is 0 Å². The van der Waals surface area contributed by atoms with E-state index in [2.05, 4.69) is 5.32 Å².